The fraction of sp³-hybridized carbons (Fsp3) is 0.333. The van der Waals surface area contributed by atoms with Gasteiger partial charge in [-0.05, 0) is 30.2 Å². The van der Waals surface area contributed by atoms with Crippen LogP contribution in [-0.2, 0) is 0 Å². The number of hydrogen-bond donors (Lipinski definition) is 0. The standard InChI is InChI=1S/C15H17N3O/c1-3-12(2)11-19-15-6-5-14(9-13(15)10-16)18-8-4-7-17-18/h4-9,12H,3,11H2,1-2H3/t12-/m0/s1. The van der Waals surface area contributed by atoms with Gasteiger partial charge in [0.25, 0.3) is 0 Å². The third-order valence-corrected chi connectivity index (χ3v) is 3.07. The first-order chi connectivity index (χ1) is 9.24. The van der Waals surface area contributed by atoms with Crippen LogP contribution in [0, 0.1) is 17.2 Å². The summed E-state index contributed by atoms with van der Waals surface area (Å²) in [6, 6.07) is 9.54. The molecule has 1 aromatic carbocycles. The molecule has 98 valence electrons. The Kier molecular flexibility index (Phi) is 4.19. The number of aromatic nitrogens is 2. The molecule has 0 fully saturated rings. The predicted molar refractivity (Wildman–Crippen MR) is 73.2 cm³/mol. The van der Waals surface area contributed by atoms with E-state index in [1.807, 2.05) is 24.4 Å². The van der Waals surface area contributed by atoms with Crippen LogP contribution in [0.2, 0.25) is 0 Å². The summed E-state index contributed by atoms with van der Waals surface area (Å²) in [4.78, 5) is 0. The first-order valence-electron chi connectivity index (χ1n) is 6.41. The van der Waals surface area contributed by atoms with Crippen molar-refractivity contribution in [3.05, 3.63) is 42.2 Å². The lowest BCUT2D eigenvalue weighted by molar-refractivity contribution is 0.256. The summed E-state index contributed by atoms with van der Waals surface area (Å²) in [5.74, 6) is 1.12. The van der Waals surface area contributed by atoms with Crippen molar-refractivity contribution in [3.63, 3.8) is 0 Å². The lowest BCUT2D eigenvalue weighted by Crippen LogP contribution is -2.08. The van der Waals surface area contributed by atoms with E-state index in [1.54, 1.807) is 16.9 Å². The van der Waals surface area contributed by atoms with E-state index in [4.69, 9.17) is 4.74 Å². The minimum absolute atomic E-state index is 0.484. The third-order valence-electron chi connectivity index (χ3n) is 3.07. The van der Waals surface area contributed by atoms with E-state index >= 15 is 0 Å². The van der Waals surface area contributed by atoms with E-state index in [0.717, 1.165) is 12.1 Å². The average molecular weight is 255 g/mol. The number of benzene rings is 1. The smallest absolute Gasteiger partial charge is 0.137 e. The van der Waals surface area contributed by atoms with Crippen molar-refractivity contribution in [2.75, 3.05) is 6.61 Å². The molecule has 0 saturated carbocycles. The third kappa shape index (κ3) is 3.14. The fourth-order valence-corrected chi connectivity index (χ4v) is 1.65. The highest BCUT2D eigenvalue weighted by molar-refractivity contribution is 5.50. The molecule has 0 bridgehead atoms. The molecule has 0 radical (unpaired) electrons. The van der Waals surface area contributed by atoms with Crippen molar-refractivity contribution >= 4 is 0 Å². The highest BCUT2D eigenvalue weighted by atomic mass is 16.5. The second kappa shape index (κ2) is 6.05. The van der Waals surface area contributed by atoms with E-state index in [1.165, 1.54) is 0 Å². The highest BCUT2D eigenvalue weighted by Gasteiger charge is 2.08. The van der Waals surface area contributed by atoms with Gasteiger partial charge < -0.3 is 4.74 Å². The second-order valence-corrected chi connectivity index (χ2v) is 4.57. The topological polar surface area (TPSA) is 50.8 Å². The zero-order chi connectivity index (χ0) is 13.7. The monoisotopic (exact) mass is 255 g/mol. The molecule has 0 saturated heterocycles. The van der Waals surface area contributed by atoms with Crippen molar-refractivity contribution in [1.82, 2.24) is 9.78 Å². The summed E-state index contributed by atoms with van der Waals surface area (Å²) in [5.41, 5.74) is 1.40. The molecule has 0 aliphatic carbocycles. The largest absolute Gasteiger partial charge is 0.492 e. The van der Waals surface area contributed by atoms with Gasteiger partial charge in [-0.2, -0.15) is 10.4 Å². The minimum Gasteiger partial charge on any atom is -0.492 e. The molecule has 0 spiro atoms. The summed E-state index contributed by atoms with van der Waals surface area (Å²) in [7, 11) is 0. The first kappa shape index (κ1) is 13.2. The Balaban J connectivity index is 2.20. The van der Waals surface area contributed by atoms with Crippen LogP contribution in [0.25, 0.3) is 5.69 Å². The highest BCUT2D eigenvalue weighted by Crippen LogP contribution is 2.22. The lowest BCUT2D eigenvalue weighted by Gasteiger charge is -2.12. The van der Waals surface area contributed by atoms with Crippen LogP contribution in [-0.4, -0.2) is 16.4 Å². The van der Waals surface area contributed by atoms with Crippen LogP contribution < -0.4 is 4.74 Å². The fourth-order valence-electron chi connectivity index (χ4n) is 1.65. The van der Waals surface area contributed by atoms with Crippen molar-refractivity contribution in [2.24, 2.45) is 5.92 Å². The Morgan fingerprint density at radius 1 is 1.47 bits per heavy atom. The molecule has 19 heavy (non-hydrogen) atoms. The van der Waals surface area contributed by atoms with Gasteiger partial charge in [-0.15, -0.1) is 0 Å². The maximum Gasteiger partial charge on any atom is 0.137 e. The molecule has 0 unspecified atom stereocenters. The van der Waals surface area contributed by atoms with Gasteiger partial charge >= 0.3 is 0 Å². The molecular weight excluding hydrogens is 238 g/mol. The number of nitriles is 1. The molecule has 2 rings (SSSR count). The number of ether oxygens (including phenoxy) is 1. The Labute approximate surface area is 113 Å². The summed E-state index contributed by atoms with van der Waals surface area (Å²) >= 11 is 0. The summed E-state index contributed by atoms with van der Waals surface area (Å²) in [5, 5.41) is 13.3. The number of rotatable bonds is 5. The summed E-state index contributed by atoms with van der Waals surface area (Å²) < 4.78 is 7.42. The average Bonchev–Trinajstić information content (AvgIpc) is 2.98. The maximum absolute atomic E-state index is 9.20. The first-order valence-corrected chi connectivity index (χ1v) is 6.41. The Morgan fingerprint density at radius 2 is 2.32 bits per heavy atom. The van der Waals surface area contributed by atoms with Crippen molar-refractivity contribution in [3.8, 4) is 17.5 Å². The SMILES string of the molecule is CC[C@H](C)COc1ccc(-n2cccn2)cc1C#N. The van der Waals surface area contributed by atoms with Crippen LogP contribution in [0.5, 0.6) is 5.75 Å². The van der Waals surface area contributed by atoms with E-state index in [0.29, 0.717) is 23.8 Å². The predicted octanol–water partition coefficient (Wildman–Crippen LogP) is 3.17. The maximum atomic E-state index is 9.20. The van der Waals surface area contributed by atoms with Gasteiger partial charge in [0.2, 0.25) is 0 Å². The van der Waals surface area contributed by atoms with E-state index in [9.17, 15) is 5.26 Å². The van der Waals surface area contributed by atoms with Crippen LogP contribution in [0.4, 0.5) is 0 Å². The minimum atomic E-state index is 0.484. The van der Waals surface area contributed by atoms with Crippen LogP contribution in [0.1, 0.15) is 25.8 Å². The quantitative estimate of drug-likeness (QED) is 0.824. The van der Waals surface area contributed by atoms with Gasteiger partial charge in [0.15, 0.2) is 0 Å². The molecule has 0 aliphatic rings. The zero-order valence-electron chi connectivity index (χ0n) is 11.2. The molecule has 1 heterocycles. The second-order valence-electron chi connectivity index (χ2n) is 4.57. The van der Waals surface area contributed by atoms with Gasteiger partial charge in [0.05, 0.1) is 17.9 Å². The molecular formula is C15H17N3O. The molecule has 4 heteroatoms. The Hall–Kier alpha value is -2.28. The molecule has 0 aliphatic heterocycles. The molecule has 1 atom stereocenters. The van der Waals surface area contributed by atoms with E-state index < -0.39 is 0 Å². The van der Waals surface area contributed by atoms with Crippen LogP contribution in [0.3, 0.4) is 0 Å². The molecule has 0 amide bonds. The number of nitrogens with zero attached hydrogens (tertiary/aromatic N) is 3. The van der Waals surface area contributed by atoms with Gasteiger partial charge in [0, 0.05) is 12.4 Å². The summed E-state index contributed by atoms with van der Waals surface area (Å²) in [6.45, 7) is 4.89. The van der Waals surface area contributed by atoms with Gasteiger partial charge in [-0.25, -0.2) is 4.68 Å². The van der Waals surface area contributed by atoms with Crippen LogP contribution in [0.15, 0.2) is 36.7 Å². The van der Waals surface area contributed by atoms with Gasteiger partial charge in [-0.1, -0.05) is 20.3 Å². The molecule has 0 N–H and O–H groups in total. The lowest BCUT2D eigenvalue weighted by atomic mass is 10.1. The van der Waals surface area contributed by atoms with E-state index in [-0.39, 0.29) is 0 Å². The van der Waals surface area contributed by atoms with E-state index in [2.05, 4.69) is 25.0 Å². The van der Waals surface area contributed by atoms with Crippen molar-refractivity contribution in [2.45, 2.75) is 20.3 Å². The van der Waals surface area contributed by atoms with Gasteiger partial charge in [0.1, 0.15) is 11.8 Å². The van der Waals surface area contributed by atoms with Gasteiger partial charge in [-0.3, -0.25) is 0 Å². The molecule has 2 aromatic rings. The summed E-state index contributed by atoms with van der Waals surface area (Å²) in [6.07, 6.45) is 4.61. The Bertz CT molecular complexity index is 570. The van der Waals surface area contributed by atoms with Crippen molar-refractivity contribution in [1.29, 1.82) is 5.26 Å². The number of hydrogen-bond acceptors (Lipinski definition) is 3. The zero-order valence-corrected chi connectivity index (χ0v) is 11.2. The molecule has 4 nitrogen and oxygen atoms in total. The Morgan fingerprint density at radius 3 is 2.95 bits per heavy atom. The van der Waals surface area contributed by atoms with Crippen molar-refractivity contribution < 1.29 is 4.74 Å². The normalized spacial score (nSPS) is 11.8. The van der Waals surface area contributed by atoms with Crippen LogP contribution >= 0.6 is 0 Å². The molecule has 1 aromatic heterocycles.